The summed E-state index contributed by atoms with van der Waals surface area (Å²) >= 11 is 1.10. The van der Waals surface area contributed by atoms with Gasteiger partial charge in [-0.3, -0.25) is 4.79 Å². The molecule has 0 heterocycles. The number of halogens is 1. The van der Waals surface area contributed by atoms with Gasteiger partial charge in [-0.15, -0.1) is 11.8 Å². The largest absolute Gasteiger partial charge is 0.480 e. The minimum atomic E-state index is -0.918. The Hall–Kier alpha value is -1.23. The molecule has 1 rings (SSSR count). The van der Waals surface area contributed by atoms with Gasteiger partial charge in [0.05, 0.1) is 0 Å². The van der Waals surface area contributed by atoms with Gasteiger partial charge in [0, 0.05) is 10.6 Å². The molecule has 14 heavy (non-hydrogen) atoms. The molecule has 0 spiro atoms. The summed E-state index contributed by atoms with van der Waals surface area (Å²) in [5.41, 5.74) is 5.78. The molecule has 0 aliphatic heterocycles. The number of rotatable bonds is 3. The van der Waals surface area contributed by atoms with Crippen LogP contribution in [0, 0.1) is 5.82 Å². The second kappa shape index (κ2) is 4.32. The number of carboxylic acids is 1. The lowest BCUT2D eigenvalue weighted by molar-refractivity contribution is -0.136. The van der Waals surface area contributed by atoms with Crippen LogP contribution in [0.1, 0.15) is 6.92 Å². The first-order valence-electron chi connectivity index (χ1n) is 3.95. The number of thioether (sulfide) groups is 1. The van der Waals surface area contributed by atoms with Crippen LogP contribution in [0.3, 0.4) is 0 Å². The van der Waals surface area contributed by atoms with Gasteiger partial charge in [-0.1, -0.05) is 0 Å². The van der Waals surface area contributed by atoms with Crippen LogP contribution < -0.4 is 5.73 Å². The molecule has 3 nitrogen and oxygen atoms in total. The molecule has 5 heteroatoms. The Bertz CT molecular complexity index is 357. The lowest BCUT2D eigenvalue weighted by Gasteiger charge is -2.08. The monoisotopic (exact) mass is 215 g/mol. The average molecular weight is 215 g/mol. The molecule has 0 radical (unpaired) electrons. The summed E-state index contributed by atoms with van der Waals surface area (Å²) in [5.74, 6) is -1.34. The number of nitrogen functional groups attached to an aromatic ring is 1. The van der Waals surface area contributed by atoms with E-state index in [-0.39, 0.29) is 5.69 Å². The average Bonchev–Trinajstić information content (AvgIpc) is 2.09. The number of aliphatic carboxylic acids is 1. The molecule has 0 bridgehead atoms. The van der Waals surface area contributed by atoms with E-state index in [1.807, 2.05) is 0 Å². The lowest BCUT2D eigenvalue weighted by atomic mass is 10.3. The van der Waals surface area contributed by atoms with Gasteiger partial charge in [-0.2, -0.15) is 0 Å². The van der Waals surface area contributed by atoms with Crippen molar-refractivity contribution in [1.29, 1.82) is 0 Å². The summed E-state index contributed by atoms with van der Waals surface area (Å²) in [6, 6.07) is 3.92. The standard InChI is InChI=1S/C9H10FNO2S/c1-5(9(12)13)14-8-3-2-6(10)4-7(8)11/h2-5H,11H2,1H3,(H,12,13). The summed E-state index contributed by atoms with van der Waals surface area (Å²) in [5, 5.41) is 8.06. The molecule has 0 saturated heterocycles. The number of carboxylic acid groups (broad SMARTS) is 1. The Kier molecular flexibility index (Phi) is 3.35. The topological polar surface area (TPSA) is 63.3 Å². The maximum absolute atomic E-state index is 12.6. The second-order valence-electron chi connectivity index (χ2n) is 2.78. The first kappa shape index (κ1) is 10.8. The molecule has 1 unspecified atom stereocenters. The van der Waals surface area contributed by atoms with Crippen molar-refractivity contribution in [3.05, 3.63) is 24.0 Å². The van der Waals surface area contributed by atoms with Crippen molar-refractivity contribution in [1.82, 2.24) is 0 Å². The van der Waals surface area contributed by atoms with Crippen LogP contribution in [0.2, 0.25) is 0 Å². The third-order valence-electron chi connectivity index (χ3n) is 1.62. The normalized spacial score (nSPS) is 12.4. The van der Waals surface area contributed by atoms with E-state index < -0.39 is 17.0 Å². The van der Waals surface area contributed by atoms with E-state index in [1.165, 1.54) is 18.2 Å². The van der Waals surface area contributed by atoms with Crippen molar-refractivity contribution >= 4 is 23.4 Å². The van der Waals surface area contributed by atoms with Gasteiger partial charge in [0.1, 0.15) is 11.1 Å². The number of nitrogens with two attached hydrogens (primary N) is 1. The van der Waals surface area contributed by atoms with E-state index in [9.17, 15) is 9.18 Å². The van der Waals surface area contributed by atoms with Crippen LogP contribution in [0.25, 0.3) is 0 Å². The molecule has 0 aliphatic carbocycles. The smallest absolute Gasteiger partial charge is 0.316 e. The maximum atomic E-state index is 12.6. The fraction of sp³-hybridized carbons (Fsp3) is 0.222. The van der Waals surface area contributed by atoms with Crippen LogP contribution in [0.15, 0.2) is 23.1 Å². The SMILES string of the molecule is CC(Sc1ccc(F)cc1N)C(=O)O. The highest BCUT2D eigenvalue weighted by atomic mass is 32.2. The first-order chi connectivity index (χ1) is 6.50. The zero-order valence-corrected chi connectivity index (χ0v) is 8.34. The molecule has 76 valence electrons. The molecule has 1 aromatic rings. The van der Waals surface area contributed by atoms with Crippen molar-refractivity contribution in [2.24, 2.45) is 0 Å². The second-order valence-corrected chi connectivity index (χ2v) is 4.16. The molecule has 1 aromatic carbocycles. The van der Waals surface area contributed by atoms with Gasteiger partial charge in [-0.25, -0.2) is 4.39 Å². The predicted octanol–water partition coefficient (Wildman–Crippen LogP) is 1.97. The highest BCUT2D eigenvalue weighted by molar-refractivity contribution is 8.00. The van der Waals surface area contributed by atoms with E-state index in [0.717, 1.165) is 11.8 Å². The van der Waals surface area contributed by atoms with Crippen LogP contribution in [-0.4, -0.2) is 16.3 Å². The van der Waals surface area contributed by atoms with E-state index in [1.54, 1.807) is 6.92 Å². The van der Waals surface area contributed by atoms with Crippen LogP contribution in [-0.2, 0) is 4.79 Å². The van der Waals surface area contributed by atoms with Crippen molar-refractivity contribution in [3.8, 4) is 0 Å². The fourth-order valence-electron chi connectivity index (χ4n) is 0.868. The van der Waals surface area contributed by atoms with Crippen LogP contribution >= 0.6 is 11.8 Å². The summed E-state index contributed by atoms with van der Waals surface area (Å²) in [7, 11) is 0. The van der Waals surface area contributed by atoms with E-state index in [2.05, 4.69) is 0 Å². The number of anilines is 1. The molecule has 0 aliphatic rings. The van der Waals surface area contributed by atoms with Crippen molar-refractivity contribution < 1.29 is 14.3 Å². The van der Waals surface area contributed by atoms with Gasteiger partial charge >= 0.3 is 5.97 Å². The molecule has 3 N–H and O–H groups in total. The number of benzene rings is 1. The minimum Gasteiger partial charge on any atom is -0.480 e. The third kappa shape index (κ3) is 2.63. The number of hydrogen-bond acceptors (Lipinski definition) is 3. The van der Waals surface area contributed by atoms with Gasteiger partial charge < -0.3 is 10.8 Å². The first-order valence-corrected chi connectivity index (χ1v) is 4.83. The van der Waals surface area contributed by atoms with Gasteiger partial charge in [0.25, 0.3) is 0 Å². The van der Waals surface area contributed by atoms with Crippen LogP contribution in [0.5, 0.6) is 0 Å². The van der Waals surface area contributed by atoms with E-state index in [0.29, 0.717) is 4.90 Å². The van der Waals surface area contributed by atoms with E-state index >= 15 is 0 Å². The van der Waals surface area contributed by atoms with Crippen molar-refractivity contribution in [2.75, 3.05) is 5.73 Å². The highest BCUT2D eigenvalue weighted by Gasteiger charge is 2.13. The van der Waals surface area contributed by atoms with E-state index in [4.69, 9.17) is 10.8 Å². The molecule has 0 amide bonds. The summed E-state index contributed by atoms with van der Waals surface area (Å²) in [6.45, 7) is 1.55. The fourth-order valence-corrected chi connectivity index (χ4v) is 1.69. The quantitative estimate of drug-likeness (QED) is 0.597. The van der Waals surface area contributed by atoms with Crippen molar-refractivity contribution in [3.63, 3.8) is 0 Å². The predicted molar refractivity (Wildman–Crippen MR) is 53.8 cm³/mol. The molecular formula is C9H10FNO2S. The molecule has 1 atom stereocenters. The minimum absolute atomic E-state index is 0.267. The Morgan fingerprint density at radius 1 is 1.64 bits per heavy atom. The lowest BCUT2D eigenvalue weighted by Crippen LogP contribution is -2.11. The van der Waals surface area contributed by atoms with Crippen LogP contribution in [0.4, 0.5) is 10.1 Å². The Balaban J connectivity index is 2.82. The highest BCUT2D eigenvalue weighted by Crippen LogP contribution is 2.29. The Labute approximate surface area is 85.1 Å². The zero-order valence-electron chi connectivity index (χ0n) is 7.53. The van der Waals surface area contributed by atoms with Gasteiger partial charge in [0.2, 0.25) is 0 Å². The third-order valence-corrected chi connectivity index (χ3v) is 2.80. The molecule has 0 saturated carbocycles. The Morgan fingerprint density at radius 3 is 2.79 bits per heavy atom. The van der Waals surface area contributed by atoms with Gasteiger partial charge in [-0.05, 0) is 25.1 Å². The summed E-state index contributed by atoms with van der Waals surface area (Å²) in [4.78, 5) is 11.1. The summed E-state index contributed by atoms with van der Waals surface area (Å²) < 4.78 is 12.6. The Morgan fingerprint density at radius 2 is 2.29 bits per heavy atom. The van der Waals surface area contributed by atoms with Crippen molar-refractivity contribution in [2.45, 2.75) is 17.1 Å². The molecular weight excluding hydrogens is 205 g/mol. The number of carbonyl (C=O) groups is 1. The van der Waals surface area contributed by atoms with Gasteiger partial charge in [0.15, 0.2) is 0 Å². The molecule has 0 fully saturated rings. The molecule has 0 aromatic heterocycles. The summed E-state index contributed by atoms with van der Waals surface area (Å²) in [6.07, 6.45) is 0. The number of hydrogen-bond donors (Lipinski definition) is 2. The zero-order chi connectivity index (χ0) is 10.7. The maximum Gasteiger partial charge on any atom is 0.316 e.